The fraction of sp³-hybridized carbons (Fsp3) is 0.929. The molecule has 5 nitrogen and oxygen atoms in total. The summed E-state index contributed by atoms with van der Waals surface area (Å²) in [6, 6.07) is 0. The van der Waals surface area contributed by atoms with E-state index in [-0.39, 0.29) is 19.3 Å². The normalized spacial score (nSPS) is 14.5. The molecule has 0 radical (unpaired) electrons. The van der Waals surface area contributed by atoms with E-state index in [0.29, 0.717) is 19.4 Å². The highest BCUT2D eigenvalue weighted by molar-refractivity contribution is 5.74. The molecule has 0 spiro atoms. The van der Waals surface area contributed by atoms with Gasteiger partial charge < -0.3 is 4.90 Å². The van der Waals surface area contributed by atoms with Crippen LogP contribution in [0.5, 0.6) is 0 Å². The van der Waals surface area contributed by atoms with Crippen molar-refractivity contribution in [3.05, 3.63) is 0 Å². The summed E-state index contributed by atoms with van der Waals surface area (Å²) in [6.07, 6.45) is -4.11. The molecule has 0 fully saturated rings. The van der Waals surface area contributed by atoms with Crippen LogP contribution in [0.15, 0.2) is 0 Å². The summed E-state index contributed by atoms with van der Waals surface area (Å²) < 4.78 is 175. The van der Waals surface area contributed by atoms with E-state index in [1.807, 2.05) is 0 Å². The van der Waals surface area contributed by atoms with Crippen molar-refractivity contribution >= 4 is 11.9 Å². The summed E-state index contributed by atoms with van der Waals surface area (Å²) in [7, 11) is 3.36. The van der Waals surface area contributed by atoms with E-state index >= 15 is 0 Å². The van der Waals surface area contributed by atoms with Crippen LogP contribution in [0.1, 0.15) is 103 Å². The number of carbonyl (C=O) groups excluding carboxylic acids is 2. The van der Waals surface area contributed by atoms with Crippen LogP contribution in [0.4, 0.5) is 57.1 Å². The quantitative estimate of drug-likeness (QED) is 0.0459. The van der Waals surface area contributed by atoms with E-state index in [1.165, 1.54) is 0 Å². The molecule has 0 aromatic heterocycles. The highest BCUT2D eigenvalue weighted by Crippen LogP contribution is 2.60. The van der Waals surface area contributed by atoms with E-state index < -0.39 is 72.9 Å². The first-order chi connectivity index (χ1) is 20.9. The van der Waals surface area contributed by atoms with Gasteiger partial charge in [0.1, 0.15) is 0 Å². The van der Waals surface area contributed by atoms with E-state index in [4.69, 9.17) is 0 Å². The highest BCUT2D eigenvalue weighted by Gasteiger charge is 2.90. The van der Waals surface area contributed by atoms with E-state index in [1.54, 1.807) is 19.0 Å². The first kappa shape index (κ1) is 44.0. The highest BCUT2D eigenvalue weighted by atomic mass is 19.4. The van der Waals surface area contributed by atoms with Crippen LogP contribution < -0.4 is 0 Å². The third-order valence-electron chi connectivity index (χ3n) is 7.25. The maximum atomic E-state index is 14.4. The zero-order chi connectivity index (χ0) is 36.0. The molecule has 1 unspecified atom stereocenters. The van der Waals surface area contributed by atoms with Gasteiger partial charge in [0.25, 0.3) is 0 Å². The van der Waals surface area contributed by atoms with E-state index in [2.05, 4.69) is 16.7 Å². The van der Waals surface area contributed by atoms with E-state index in [9.17, 15) is 66.7 Å². The molecule has 0 aromatic rings. The predicted molar refractivity (Wildman–Crippen MR) is 140 cm³/mol. The van der Waals surface area contributed by atoms with Gasteiger partial charge in [0.05, 0.1) is 12.3 Å². The van der Waals surface area contributed by atoms with Gasteiger partial charge in [-0.2, -0.15) is 57.1 Å². The predicted octanol–water partition coefficient (Wildman–Crippen LogP) is 9.78. The molecule has 1 atom stereocenters. The van der Waals surface area contributed by atoms with Crippen molar-refractivity contribution in [2.75, 3.05) is 20.6 Å². The van der Waals surface area contributed by atoms with Crippen molar-refractivity contribution < 1.29 is 76.4 Å². The van der Waals surface area contributed by atoms with Gasteiger partial charge in [-0.25, -0.2) is 19.4 Å². The van der Waals surface area contributed by atoms with Crippen molar-refractivity contribution in [1.29, 1.82) is 0 Å². The summed E-state index contributed by atoms with van der Waals surface area (Å²) >= 11 is 0. The Morgan fingerprint density at radius 2 is 1.04 bits per heavy atom. The second-order valence-electron chi connectivity index (χ2n) is 11.5. The fourth-order valence-electron chi connectivity index (χ4n) is 4.31. The monoisotopic (exact) mass is 703 g/mol. The molecule has 0 saturated carbocycles. The number of unbranched alkanes of at least 4 members (excludes halogenated alkanes) is 9. The molecule has 46 heavy (non-hydrogen) atoms. The van der Waals surface area contributed by atoms with Gasteiger partial charge in [-0.3, -0.25) is 0 Å². The molecule has 18 heteroatoms. The Bertz CT molecular complexity index is 912. The molecule has 0 heterocycles. The Morgan fingerprint density at radius 1 is 0.587 bits per heavy atom. The van der Waals surface area contributed by atoms with Gasteiger partial charge in [0.15, 0.2) is 0 Å². The average molecular weight is 704 g/mol. The Balaban J connectivity index is 5.61. The molecular weight excluding hydrogens is 661 g/mol. The lowest BCUT2D eigenvalue weighted by molar-refractivity contribution is -0.440. The summed E-state index contributed by atoms with van der Waals surface area (Å²) in [5.41, 5.74) is 0. The van der Waals surface area contributed by atoms with Gasteiger partial charge in [0.2, 0.25) is 0 Å². The van der Waals surface area contributed by atoms with Crippen LogP contribution in [0.2, 0.25) is 0 Å². The molecule has 0 bridgehead atoms. The minimum Gasteiger partial charge on any atom is -0.309 e. The molecule has 0 aliphatic carbocycles. The smallest absolute Gasteiger partial charge is 0.309 e. The summed E-state index contributed by atoms with van der Waals surface area (Å²) in [4.78, 5) is 34.5. The minimum absolute atomic E-state index is 0.0698. The molecule has 0 aromatic carbocycles. The largest absolute Gasteiger partial charge is 0.460 e. The van der Waals surface area contributed by atoms with Gasteiger partial charge >= 0.3 is 47.7 Å². The molecule has 0 amide bonds. The van der Waals surface area contributed by atoms with Crippen LogP contribution in [-0.2, 0) is 19.4 Å². The third-order valence-corrected chi connectivity index (χ3v) is 7.25. The second kappa shape index (κ2) is 18.5. The van der Waals surface area contributed by atoms with Crippen LogP contribution in [0.25, 0.3) is 0 Å². The Hall–Kier alpha value is -2.01. The summed E-state index contributed by atoms with van der Waals surface area (Å²) in [5, 5.41) is 0. The maximum Gasteiger partial charge on any atom is 0.460 e. The standard InChI is InChI=1S/C28H42F13NO4/c1-4-5-6-7-8-9-10-11-12-13-15-20(22(44)46-45-21(43)16-14-19-42(2)3)17-18-23(29,30)24(31,32)25(33,34)26(35,36)27(37,38)28(39,40)41/h20H,4-19H2,1-3H3. The lowest BCUT2D eigenvalue weighted by atomic mass is 9.88. The van der Waals surface area contributed by atoms with Crippen molar-refractivity contribution in [1.82, 2.24) is 4.90 Å². The number of rotatable bonds is 23. The molecule has 0 N–H and O–H groups in total. The molecule has 0 aliphatic heterocycles. The van der Waals surface area contributed by atoms with Gasteiger partial charge in [-0.1, -0.05) is 71.1 Å². The van der Waals surface area contributed by atoms with Crippen LogP contribution >= 0.6 is 0 Å². The Labute approximate surface area is 259 Å². The first-order valence-corrected chi connectivity index (χ1v) is 14.9. The minimum atomic E-state index is -8.00. The number of nitrogens with zero attached hydrogens (tertiary/aromatic N) is 1. The zero-order valence-electron chi connectivity index (χ0n) is 25.9. The van der Waals surface area contributed by atoms with Gasteiger partial charge in [-0.05, 0) is 39.9 Å². The lowest BCUT2D eigenvalue weighted by Gasteiger charge is -2.39. The molecule has 0 aliphatic rings. The van der Waals surface area contributed by atoms with E-state index in [0.717, 1.165) is 44.9 Å². The van der Waals surface area contributed by atoms with Gasteiger partial charge in [-0.15, -0.1) is 0 Å². The Morgan fingerprint density at radius 3 is 1.50 bits per heavy atom. The van der Waals surface area contributed by atoms with Crippen molar-refractivity contribution in [3.8, 4) is 0 Å². The molecule has 0 saturated heterocycles. The Kier molecular flexibility index (Phi) is 17.7. The van der Waals surface area contributed by atoms with Gasteiger partial charge in [0, 0.05) is 6.42 Å². The zero-order valence-corrected chi connectivity index (χ0v) is 25.9. The van der Waals surface area contributed by atoms with Crippen molar-refractivity contribution in [2.45, 2.75) is 139 Å². The maximum absolute atomic E-state index is 14.4. The SMILES string of the molecule is CCCCCCCCCCCCC(CCC(F)(F)C(F)(F)C(F)(F)C(F)(F)C(F)(F)C(F)(F)F)C(=O)OOC(=O)CCCN(C)C. The van der Waals surface area contributed by atoms with Crippen LogP contribution in [-0.4, -0.2) is 73.3 Å². The average Bonchev–Trinajstić information content (AvgIpc) is 2.93. The van der Waals surface area contributed by atoms with Crippen molar-refractivity contribution in [3.63, 3.8) is 0 Å². The summed E-state index contributed by atoms with van der Waals surface area (Å²) in [5.74, 6) is -42.0. The van der Waals surface area contributed by atoms with Crippen LogP contribution in [0.3, 0.4) is 0 Å². The fourth-order valence-corrected chi connectivity index (χ4v) is 4.31. The number of carbonyl (C=O) groups is 2. The summed E-state index contributed by atoms with van der Waals surface area (Å²) in [6.45, 7) is 2.46. The number of alkyl halides is 13. The second-order valence-corrected chi connectivity index (χ2v) is 11.5. The lowest BCUT2D eigenvalue weighted by Crippen LogP contribution is -2.70. The number of halogens is 13. The number of hydrogen-bond acceptors (Lipinski definition) is 5. The third kappa shape index (κ3) is 12.2. The molecular formula is C28H42F13NO4. The van der Waals surface area contributed by atoms with Crippen LogP contribution in [0, 0.1) is 5.92 Å². The molecule has 0 rings (SSSR count). The topological polar surface area (TPSA) is 55.8 Å². The first-order valence-electron chi connectivity index (χ1n) is 14.9. The molecule has 274 valence electrons. The van der Waals surface area contributed by atoms with Crippen molar-refractivity contribution in [2.24, 2.45) is 5.92 Å². The number of hydrogen-bond donors (Lipinski definition) is 0.